The van der Waals surface area contributed by atoms with Gasteiger partial charge in [0.05, 0.1) is 37.9 Å². The first-order valence-corrected chi connectivity index (χ1v) is 33.0. The summed E-state index contributed by atoms with van der Waals surface area (Å²) in [6, 6.07) is 71.8. The van der Waals surface area contributed by atoms with Crippen molar-refractivity contribution in [3.63, 3.8) is 0 Å². The minimum absolute atomic E-state index is 0. The molecule has 0 bridgehead atoms. The van der Waals surface area contributed by atoms with E-state index in [1.54, 1.807) is 19.1 Å². The second-order valence-electron chi connectivity index (χ2n) is 22.1. The second kappa shape index (κ2) is 34.1. The van der Waals surface area contributed by atoms with Crippen LogP contribution in [0.3, 0.4) is 0 Å². The monoisotopic (exact) mass is 1420 g/mol. The van der Waals surface area contributed by atoms with Gasteiger partial charge in [0, 0.05) is 31.2 Å². The van der Waals surface area contributed by atoms with Gasteiger partial charge in [-0.3, -0.25) is 14.4 Å². The lowest BCUT2D eigenvalue weighted by Gasteiger charge is -2.19. The van der Waals surface area contributed by atoms with Gasteiger partial charge in [-0.1, -0.05) is 201 Å². The number of halogens is 4. The molecule has 0 amide bonds. The van der Waals surface area contributed by atoms with Gasteiger partial charge < -0.3 is 29.2 Å². The quantitative estimate of drug-likeness (QED) is 0.0637. The van der Waals surface area contributed by atoms with Crippen LogP contribution in [0.5, 0.6) is 17.2 Å². The van der Waals surface area contributed by atoms with Crippen LogP contribution in [0.2, 0.25) is 0 Å². The van der Waals surface area contributed by atoms with Crippen molar-refractivity contribution in [3.05, 3.63) is 299 Å². The average molecular weight is 1420 g/mol. The van der Waals surface area contributed by atoms with Gasteiger partial charge in [0.25, 0.3) is 0 Å². The third-order valence-corrected chi connectivity index (χ3v) is 18.1. The number of phenolic OH excluding ortho intramolecular Hbond substituents is 1. The van der Waals surface area contributed by atoms with E-state index in [-0.39, 0.29) is 66.9 Å². The summed E-state index contributed by atoms with van der Waals surface area (Å²) in [5, 5.41) is 19.0. The molecular formula is C77H76Br3ClO9. The molecule has 2 N–H and O–H groups in total. The van der Waals surface area contributed by atoms with E-state index in [0.29, 0.717) is 26.1 Å². The number of carboxylic acids is 1. The van der Waals surface area contributed by atoms with E-state index >= 15 is 0 Å². The number of ether oxygens (including phenoxy) is 4. The van der Waals surface area contributed by atoms with Crippen molar-refractivity contribution in [2.45, 2.75) is 114 Å². The van der Waals surface area contributed by atoms with Crippen molar-refractivity contribution in [1.29, 1.82) is 0 Å². The highest BCUT2D eigenvalue weighted by atomic mass is 79.9. The molecule has 0 saturated carbocycles. The van der Waals surface area contributed by atoms with Crippen molar-refractivity contribution in [2.24, 2.45) is 0 Å². The lowest BCUT2D eigenvalue weighted by molar-refractivity contribution is -0.144. The summed E-state index contributed by atoms with van der Waals surface area (Å²) < 4.78 is 26.1. The van der Waals surface area contributed by atoms with E-state index in [1.165, 1.54) is 33.4 Å². The van der Waals surface area contributed by atoms with Crippen LogP contribution in [0, 0.1) is 0 Å². The molecule has 0 saturated heterocycles. The van der Waals surface area contributed by atoms with E-state index in [4.69, 9.17) is 30.5 Å². The van der Waals surface area contributed by atoms with E-state index in [9.17, 15) is 24.6 Å². The zero-order valence-electron chi connectivity index (χ0n) is 49.8. The van der Waals surface area contributed by atoms with E-state index in [2.05, 4.69) is 127 Å². The molecule has 6 atom stereocenters. The number of carbonyl (C=O) groups excluding carboxylic acids is 2. The molecule has 0 aromatic heterocycles. The number of hydrogen-bond acceptors (Lipinski definition) is 8. The molecule has 90 heavy (non-hydrogen) atoms. The number of alkyl halides is 1. The number of hydrogen-bond donors (Lipinski definition) is 2. The van der Waals surface area contributed by atoms with Crippen LogP contribution in [0.25, 0.3) is 0 Å². The van der Waals surface area contributed by atoms with Gasteiger partial charge in [-0.05, 0) is 192 Å². The van der Waals surface area contributed by atoms with Crippen LogP contribution in [0.15, 0.2) is 232 Å². The number of phenols is 1. The highest BCUT2D eigenvalue weighted by Gasteiger charge is 2.27. The Morgan fingerprint density at radius 2 is 0.767 bits per heavy atom. The summed E-state index contributed by atoms with van der Waals surface area (Å²) in [5.41, 5.74) is 14.2. The Hall–Kier alpha value is -7.48. The number of rotatable bonds is 18. The maximum Gasteiger partial charge on any atom is 0.306 e. The number of carbonyl (C=O) groups is 3. The van der Waals surface area contributed by atoms with Crippen molar-refractivity contribution >= 4 is 77.3 Å². The second-order valence-corrected chi connectivity index (χ2v) is 25.3. The van der Waals surface area contributed by atoms with Crippen LogP contribution in [0.1, 0.15) is 162 Å². The Kier molecular flexibility index (Phi) is 25.9. The molecule has 9 aromatic carbocycles. The van der Waals surface area contributed by atoms with Gasteiger partial charge in [-0.2, -0.15) is 0 Å². The molecule has 0 spiro atoms. The largest absolute Gasteiger partial charge is 0.508 e. The molecule has 0 fully saturated rings. The first kappa shape index (κ1) is 68.4. The SMILES string of the molecule is C.CCOC(=O)CC(c1ccccc1)c1ccc(O)cc1.CCOC(=O)CC(c1ccccc1)c1ccc(OC2CCc3cc(Br)ccc32)cc1.ClC1CCc2cc(Br)ccc21.O=C(O)CC(c1ccccc1)c1ccc(OC2CCc3cc(Br)ccc32)cc1. The summed E-state index contributed by atoms with van der Waals surface area (Å²) in [5.74, 6) is 0.417. The number of benzene rings is 9. The van der Waals surface area contributed by atoms with E-state index in [1.807, 2.05) is 134 Å². The molecule has 13 heteroatoms. The Balaban J connectivity index is 0.000000162. The zero-order valence-corrected chi connectivity index (χ0v) is 55.3. The third-order valence-electron chi connectivity index (χ3n) is 16.1. The van der Waals surface area contributed by atoms with Gasteiger partial charge in [0.2, 0.25) is 0 Å². The van der Waals surface area contributed by atoms with E-state index in [0.717, 1.165) is 96.8 Å². The molecule has 6 unspecified atom stereocenters. The van der Waals surface area contributed by atoms with Crippen LogP contribution < -0.4 is 9.47 Å². The topological polar surface area (TPSA) is 129 Å². The molecule has 0 heterocycles. The molecular weight excluding hydrogens is 1340 g/mol. The van der Waals surface area contributed by atoms with Crippen molar-refractivity contribution in [3.8, 4) is 17.2 Å². The van der Waals surface area contributed by atoms with Gasteiger partial charge in [-0.15, -0.1) is 11.6 Å². The number of carboxylic acid groups (broad SMARTS) is 1. The minimum Gasteiger partial charge on any atom is -0.508 e. The van der Waals surface area contributed by atoms with Crippen molar-refractivity contribution in [1.82, 2.24) is 0 Å². The summed E-state index contributed by atoms with van der Waals surface area (Å²) in [7, 11) is 0. The maximum absolute atomic E-state index is 12.2. The van der Waals surface area contributed by atoms with Crippen molar-refractivity contribution < 1.29 is 43.5 Å². The zero-order chi connectivity index (χ0) is 62.7. The van der Waals surface area contributed by atoms with Crippen LogP contribution in [-0.2, 0) is 43.1 Å². The summed E-state index contributed by atoms with van der Waals surface area (Å²) in [6.07, 6.45) is 7.07. The van der Waals surface area contributed by atoms with Crippen LogP contribution in [-0.4, -0.2) is 41.3 Å². The number of fused-ring (bicyclic) bond motifs is 3. The van der Waals surface area contributed by atoms with Gasteiger partial charge in [0.15, 0.2) is 0 Å². The first-order chi connectivity index (χ1) is 43.2. The Labute approximate surface area is 560 Å². The molecule has 12 rings (SSSR count). The van der Waals surface area contributed by atoms with Gasteiger partial charge in [0.1, 0.15) is 29.5 Å². The molecule has 0 radical (unpaired) electrons. The highest BCUT2D eigenvalue weighted by molar-refractivity contribution is 9.11. The molecule has 466 valence electrons. The predicted molar refractivity (Wildman–Crippen MR) is 370 cm³/mol. The lowest BCUT2D eigenvalue weighted by Crippen LogP contribution is -2.11. The lowest BCUT2D eigenvalue weighted by atomic mass is 9.88. The highest BCUT2D eigenvalue weighted by Crippen LogP contribution is 2.41. The number of aromatic hydroxyl groups is 1. The molecule has 3 aliphatic rings. The Bertz CT molecular complexity index is 3740. The summed E-state index contributed by atoms with van der Waals surface area (Å²) in [6.45, 7) is 4.42. The summed E-state index contributed by atoms with van der Waals surface area (Å²) >= 11 is 16.6. The predicted octanol–water partition coefficient (Wildman–Crippen LogP) is 20.5. The number of esters is 2. The number of aryl methyl sites for hydroxylation is 3. The minimum atomic E-state index is -0.803. The Morgan fingerprint density at radius 1 is 0.444 bits per heavy atom. The standard InChI is InChI=1S/C26H25BrO3.C24H21BrO3.C17H18O3.C9H8BrCl.CH4/c1-2-29-26(28)17-24(18-6-4-3-5-7-18)19-8-12-22(13-9-19)30-25-15-10-20-16-21(27)11-14-23(20)25;25-19-9-12-21-18(14-19)8-13-23(21)28-20-10-6-17(7-11-20)22(15-24(26)27)16-4-2-1-3-5-16;1-2-20-17(19)12-16(13-6-4-3-5-7-13)14-8-10-15(18)11-9-14;10-7-2-3-8-6(5-7)1-4-9(8)11;/h3-9,11-14,16,24-25H,2,10,15,17H2,1H3;1-7,9-12,14,22-23H,8,13,15H2,(H,26,27);3-11,16,18H,2,12H2,1H3;2-3,5,9H,1,4H2;1H4. The maximum atomic E-state index is 12.2. The normalized spacial score (nSPS) is 15.7. The van der Waals surface area contributed by atoms with Crippen molar-refractivity contribution in [2.75, 3.05) is 13.2 Å². The molecule has 0 aliphatic heterocycles. The van der Waals surface area contributed by atoms with Crippen LogP contribution in [0.4, 0.5) is 0 Å². The van der Waals surface area contributed by atoms with Crippen LogP contribution >= 0.6 is 59.4 Å². The van der Waals surface area contributed by atoms with Gasteiger partial charge >= 0.3 is 17.9 Å². The van der Waals surface area contributed by atoms with Gasteiger partial charge in [-0.25, -0.2) is 0 Å². The third kappa shape index (κ3) is 19.3. The molecule has 9 aromatic rings. The fourth-order valence-corrected chi connectivity index (χ4v) is 13.3. The smallest absolute Gasteiger partial charge is 0.306 e. The molecule has 9 nitrogen and oxygen atoms in total. The number of aliphatic carboxylic acids is 1. The fraction of sp³-hybridized carbons (Fsp3) is 0.260. The van der Waals surface area contributed by atoms with E-state index < -0.39 is 5.97 Å². The first-order valence-electron chi connectivity index (χ1n) is 30.2. The molecule has 3 aliphatic carbocycles. The summed E-state index contributed by atoms with van der Waals surface area (Å²) in [4.78, 5) is 35.3. The average Bonchev–Trinajstić information content (AvgIpc) is 1.73. The Morgan fingerprint density at radius 3 is 1.13 bits per heavy atom. The fourth-order valence-electron chi connectivity index (χ4n) is 11.8.